The van der Waals surface area contributed by atoms with E-state index < -0.39 is 0 Å². The molecule has 10 heteroatoms. The number of hydrogen-bond donors (Lipinski definition) is 2. The van der Waals surface area contributed by atoms with Crippen LogP contribution in [0.15, 0.2) is 57.3 Å². The van der Waals surface area contributed by atoms with Crippen molar-refractivity contribution < 1.29 is 9.21 Å². The lowest BCUT2D eigenvalue weighted by atomic mass is 10.1. The number of carbonyl (C=O) groups excluding carboxylic acids is 1. The summed E-state index contributed by atoms with van der Waals surface area (Å²) in [6.07, 6.45) is 0. The van der Waals surface area contributed by atoms with E-state index >= 15 is 0 Å². The molecule has 0 radical (unpaired) electrons. The van der Waals surface area contributed by atoms with Crippen LogP contribution in [0.25, 0.3) is 11.5 Å². The highest BCUT2D eigenvalue weighted by atomic mass is 32.2. The molecule has 0 saturated heterocycles. The van der Waals surface area contributed by atoms with Gasteiger partial charge in [0.2, 0.25) is 16.9 Å². The monoisotopic (exact) mass is 438 g/mol. The molecule has 1 amide bonds. The first-order chi connectivity index (χ1) is 14.6. The first-order valence-corrected chi connectivity index (χ1v) is 10.9. The van der Waals surface area contributed by atoms with Crippen molar-refractivity contribution in [3.63, 3.8) is 0 Å². The maximum Gasteiger partial charge on any atom is 0.322 e. The minimum atomic E-state index is -0.262. The van der Waals surface area contributed by atoms with Crippen molar-refractivity contribution in [3.8, 4) is 11.5 Å². The fraction of sp³-hybridized carbons (Fsp3) is 0.150. The Bertz CT molecular complexity index is 1160. The quantitative estimate of drug-likeness (QED) is 0.401. The second kappa shape index (κ2) is 9.06. The number of nitrogens with one attached hydrogen (secondary N) is 2. The summed E-state index contributed by atoms with van der Waals surface area (Å²) in [5, 5.41) is 22.6. The first-order valence-electron chi connectivity index (χ1n) is 9.07. The van der Waals surface area contributed by atoms with Gasteiger partial charge in [-0.15, -0.1) is 15.3 Å². The summed E-state index contributed by atoms with van der Waals surface area (Å²) in [6, 6.07) is 15.5. The molecule has 0 aliphatic heterocycles. The average molecular weight is 439 g/mol. The van der Waals surface area contributed by atoms with Gasteiger partial charge in [0, 0.05) is 11.3 Å². The Morgan fingerprint density at radius 1 is 1.03 bits per heavy atom. The van der Waals surface area contributed by atoms with Gasteiger partial charge in [0.1, 0.15) is 0 Å². The summed E-state index contributed by atoms with van der Waals surface area (Å²) in [4.78, 5) is 12.2. The molecule has 2 aromatic heterocycles. The van der Waals surface area contributed by atoms with E-state index in [0.29, 0.717) is 15.4 Å². The Kier molecular flexibility index (Phi) is 6.05. The van der Waals surface area contributed by atoms with Crippen LogP contribution < -0.4 is 10.6 Å². The first kappa shape index (κ1) is 20.0. The van der Waals surface area contributed by atoms with Crippen molar-refractivity contribution in [2.24, 2.45) is 0 Å². The Labute approximate surface area is 181 Å². The van der Waals surface area contributed by atoms with Crippen LogP contribution in [0.2, 0.25) is 0 Å². The molecule has 4 aromatic rings. The van der Waals surface area contributed by atoms with Crippen LogP contribution in [0, 0.1) is 13.8 Å². The second-order valence-electron chi connectivity index (χ2n) is 6.36. The van der Waals surface area contributed by atoms with Crippen molar-refractivity contribution in [1.29, 1.82) is 0 Å². The lowest BCUT2D eigenvalue weighted by Gasteiger charge is -2.08. The van der Waals surface area contributed by atoms with Crippen molar-refractivity contribution in [2.75, 3.05) is 16.4 Å². The summed E-state index contributed by atoms with van der Waals surface area (Å²) in [6.45, 7) is 4.12. The van der Waals surface area contributed by atoms with Gasteiger partial charge in [-0.1, -0.05) is 58.5 Å². The Hall–Kier alpha value is -3.24. The molecule has 0 unspecified atom stereocenters. The number of nitrogens with zero attached hydrogens (tertiary/aromatic N) is 4. The molecule has 0 saturated carbocycles. The number of hydrogen-bond acceptors (Lipinski definition) is 9. The van der Waals surface area contributed by atoms with Gasteiger partial charge in [-0.25, -0.2) is 0 Å². The Morgan fingerprint density at radius 2 is 1.87 bits per heavy atom. The van der Waals surface area contributed by atoms with Gasteiger partial charge in [0.05, 0.1) is 5.75 Å². The molecule has 152 valence electrons. The molecule has 8 nitrogen and oxygen atoms in total. The van der Waals surface area contributed by atoms with E-state index in [9.17, 15) is 4.79 Å². The zero-order valence-corrected chi connectivity index (χ0v) is 17.9. The van der Waals surface area contributed by atoms with Gasteiger partial charge in [-0.2, -0.15) is 0 Å². The summed E-state index contributed by atoms with van der Waals surface area (Å²) >= 11 is 2.68. The molecule has 0 spiro atoms. The third kappa shape index (κ3) is 4.84. The van der Waals surface area contributed by atoms with Crippen LogP contribution in [-0.4, -0.2) is 32.1 Å². The number of aryl methyl sites for hydroxylation is 1. The van der Waals surface area contributed by atoms with Gasteiger partial charge in [0.15, 0.2) is 4.34 Å². The maximum atomic E-state index is 12.2. The predicted molar refractivity (Wildman–Crippen MR) is 118 cm³/mol. The number of aromatic nitrogens is 4. The van der Waals surface area contributed by atoms with Gasteiger partial charge < -0.3 is 9.73 Å². The average Bonchev–Trinajstić information content (AvgIpc) is 3.40. The summed E-state index contributed by atoms with van der Waals surface area (Å²) in [5.74, 6) is 0.244. The van der Waals surface area contributed by atoms with Crippen molar-refractivity contribution in [1.82, 2.24) is 20.4 Å². The van der Waals surface area contributed by atoms with E-state index in [4.69, 9.17) is 4.42 Å². The zero-order chi connectivity index (χ0) is 20.9. The van der Waals surface area contributed by atoms with E-state index in [1.54, 1.807) is 0 Å². The highest BCUT2D eigenvalue weighted by Gasteiger charge is 2.13. The van der Waals surface area contributed by atoms with Crippen LogP contribution in [0.5, 0.6) is 0 Å². The van der Waals surface area contributed by atoms with Crippen LogP contribution in [0.4, 0.5) is 16.8 Å². The molecule has 4 rings (SSSR count). The Balaban J connectivity index is 1.30. The zero-order valence-electron chi connectivity index (χ0n) is 16.2. The second-order valence-corrected chi connectivity index (χ2v) is 8.56. The normalized spacial score (nSPS) is 10.7. The van der Waals surface area contributed by atoms with Crippen LogP contribution >= 0.6 is 23.1 Å². The number of thioether (sulfide) groups is 1. The molecular weight excluding hydrogens is 420 g/mol. The smallest absolute Gasteiger partial charge is 0.322 e. The predicted octanol–water partition coefficient (Wildman–Crippen LogP) is 4.68. The molecule has 0 aliphatic carbocycles. The molecule has 2 aromatic carbocycles. The summed E-state index contributed by atoms with van der Waals surface area (Å²) in [5.41, 5.74) is 4.15. The van der Waals surface area contributed by atoms with E-state index in [1.807, 2.05) is 42.5 Å². The molecule has 0 atom stereocenters. The number of anilines is 3. The topological polar surface area (TPSA) is 106 Å². The molecule has 2 N–H and O–H groups in total. The number of benzene rings is 2. The minimum absolute atomic E-state index is 0.0639. The van der Waals surface area contributed by atoms with E-state index in [0.717, 1.165) is 16.8 Å². The van der Waals surface area contributed by atoms with Crippen molar-refractivity contribution >= 4 is 45.8 Å². The van der Waals surface area contributed by atoms with Gasteiger partial charge >= 0.3 is 6.01 Å². The molecule has 2 heterocycles. The van der Waals surface area contributed by atoms with Crippen molar-refractivity contribution in [2.45, 2.75) is 18.2 Å². The van der Waals surface area contributed by atoms with Crippen LogP contribution in [-0.2, 0) is 4.79 Å². The van der Waals surface area contributed by atoms with E-state index in [2.05, 4.69) is 50.9 Å². The van der Waals surface area contributed by atoms with E-state index in [-0.39, 0.29) is 17.7 Å². The van der Waals surface area contributed by atoms with Crippen LogP contribution in [0.3, 0.4) is 0 Å². The third-order valence-corrected chi connectivity index (χ3v) is 6.24. The molecule has 0 bridgehead atoms. The van der Waals surface area contributed by atoms with E-state index in [1.165, 1.54) is 28.7 Å². The standard InChI is InChI=1S/C20H18N6O2S2/c1-12-7-6-10-15(13(12)2)21-19-25-26-20(30-19)29-11-16(27)22-18-24-23-17(28-18)14-8-4-3-5-9-14/h3-10H,11H2,1-2H3,(H,21,25)(H,22,24,27). The maximum absolute atomic E-state index is 12.2. The molecule has 0 fully saturated rings. The Morgan fingerprint density at radius 3 is 2.70 bits per heavy atom. The minimum Gasteiger partial charge on any atom is -0.403 e. The summed E-state index contributed by atoms with van der Waals surface area (Å²) < 4.78 is 6.17. The fourth-order valence-corrected chi connectivity index (χ4v) is 4.14. The molecule has 0 aliphatic rings. The third-order valence-electron chi connectivity index (χ3n) is 4.27. The number of amides is 1. The summed E-state index contributed by atoms with van der Waals surface area (Å²) in [7, 11) is 0. The van der Waals surface area contributed by atoms with Crippen molar-refractivity contribution in [3.05, 3.63) is 59.7 Å². The van der Waals surface area contributed by atoms with Gasteiger partial charge in [-0.05, 0) is 43.2 Å². The lowest BCUT2D eigenvalue weighted by molar-refractivity contribution is -0.113. The fourth-order valence-electron chi connectivity index (χ4n) is 2.57. The van der Waals surface area contributed by atoms with Crippen LogP contribution in [0.1, 0.15) is 11.1 Å². The van der Waals surface area contributed by atoms with Gasteiger partial charge in [0.25, 0.3) is 0 Å². The molecular formula is C20H18N6O2S2. The number of carbonyl (C=O) groups is 1. The lowest BCUT2D eigenvalue weighted by Crippen LogP contribution is -2.14. The van der Waals surface area contributed by atoms with Gasteiger partial charge in [-0.3, -0.25) is 10.1 Å². The number of rotatable bonds is 7. The largest absolute Gasteiger partial charge is 0.403 e. The SMILES string of the molecule is Cc1cccc(Nc2nnc(SCC(=O)Nc3nnc(-c4ccccc4)o3)s2)c1C. The molecule has 30 heavy (non-hydrogen) atoms. The highest BCUT2D eigenvalue weighted by Crippen LogP contribution is 2.29. The highest BCUT2D eigenvalue weighted by molar-refractivity contribution is 8.01.